The quantitative estimate of drug-likeness (QED) is 0.848. The van der Waals surface area contributed by atoms with Crippen LogP contribution in [0.3, 0.4) is 0 Å². The lowest BCUT2D eigenvalue weighted by Crippen LogP contribution is -3.12. The first-order valence-electron chi connectivity index (χ1n) is 7.20. The zero-order valence-corrected chi connectivity index (χ0v) is 14.4. The molecular weight excluding hydrogens is 338 g/mol. The lowest BCUT2D eigenvalue weighted by molar-refractivity contribution is -0.908. The van der Waals surface area contributed by atoms with E-state index < -0.39 is 0 Å². The SMILES string of the molecule is C[C@@H](C(=O)Nc1cc(Cl)ccc1Cl)[NH+](C)Cc1ccccc1F. The Hall–Kier alpha value is -1.62. The van der Waals surface area contributed by atoms with Crippen LogP contribution in [0, 0.1) is 5.82 Å². The molecule has 2 aromatic carbocycles. The van der Waals surface area contributed by atoms with Crippen LogP contribution in [-0.4, -0.2) is 19.0 Å². The third kappa shape index (κ3) is 4.67. The number of hydrogen-bond donors (Lipinski definition) is 2. The van der Waals surface area contributed by atoms with Crippen molar-refractivity contribution in [3.05, 3.63) is 63.9 Å². The molecule has 122 valence electrons. The van der Waals surface area contributed by atoms with Crippen molar-refractivity contribution >= 4 is 34.8 Å². The van der Waals surface area contributed by atoms with E-state index in [1.807, 2.05) is 7.05 Å². The van der Waals surface area contributed by atoms with E-state index in [0.29, 0.717) is 27.8 Å². The smallest absolute Gasteiger partial charge is 0.282 e. The lowest BCUT2D eigenvalue weighted by Gasteiger charge is -2.21. The molecule has 0 saturated carbocycles. The molecule has 0 fully saturated rings. The second-order valence-electron chi connectivity index (χ2n) is 5.45. The molecule has 1 unspecified atom stereocenters. The molecule has 2 N–H and O–H groups in total. The van der Waals surface area contributed by atoms with Crippen LogP contribution in [0.5, 0.6) is 0 Å². The standard InChI is InChI=1S/C17H17Cl2FN2O/c1-11(22(2)10-12-5-3-4-6-15(12)20)17(23)21-16-9-13(18)7-8-14(16)19/h3-9,11H,10H2,1-2H3,(H,21,23)/p+1/t11-/m0/s1. The summed E-state index contributed by atoms with van der Waals surface area (Å²) in [6.07, 6.45) is 0. The van der Waals surface area contributed by atoms with Crippen LogP contribution in [-0.2, 0) is 11.3 Å². The topological polar surface area (TPSA) is 33.5 Å². The van der Waals surface area contributed by atoms with Crippen LogP contribution >= 0.6 is 23.2 Å². The van der Waals surface area contributed by atoms with Crippen molar-refractivity contribution in [1.29, 1.82) is 0 Å². The highest BCUT2D eigenvalue weighted by atomic mass is 35.5. The normalized spacial score (nSPS) is 13.4. The maximum absolute atomic E-state index is 13.7. The largest absolute Gasteiger partial charge is 0.324 e. The van der Waals surface area contributed by atoms with E-state index in [-0.39, 0.29) is 17.8 Å². The predicted molar refractivity (Wildman–Crippen MR) is 91.5 cm³/mol. The second kappa shape index (κ2) is 7.77. The van der Waals surface area contributed by atoms with Gasteiger partial charge < -0.3 is 10.2 Å². The van der Waals surface area contributed by atoms with Gasteiger partial charge in [-0.25, -0.2) is 4.39 Å². The molecule has 2 atom stereocenters. The van der Waals surface area contributed by atoms with Crippen molar-refractivity contribution < 1.29 is 14.1 Å². The molecule has 6 heteroatoms. The summed E-state index contributed by atoms with van der Waals surface area (Å²) in [6, 6.07) is 11.0. The Morgan fingerprint density at radius 2 is 1.96 bits per heavy atom. The van der Waals surface area contributed by atoms with Crippen LogP contribution in [0.25, 0.3) is 0 Å². The van der Waals surface area contributed by atoms with Crippen molar-refractivity contribution in [1.82, 2.24) is 0 Å². The number of likely N-dealkylation sites (N-methyl/N-ethyl adjacent to an activating group) is 1. The molecule has 0 spiro atoms. The van der Waals surface area contributed by atoms with E-state index >= 15 is 0 Å². The molecule has 0 aromatic heterocycles. The number of amides is 1. The van der Waals surface area contributed by atoms with Gasteiger partial charge in [0.2, 0.25) is 0 Å². The summed E-state index contributed by atoms with van der Waals surface area (Å²) in [5, 5.41) is 3.67. The molecule has 2 aromatic rings. The second-order valence-corrected chi connectivity index (χ2v) is 6.29. The lowest BCUT2D eigenvalue weighted by atomic mass is 10.1. The minimum atomic E-state index is -0.385. The van der Waals surface area contributed by atoms with Crippen LogP contribution in [0.2, 0.25) is 10.0 Å². The van der Waals surface area contributed by atoms with Gasteiger partial charge in [0, 0.05) is 10.6 Å². The van der Waals surface area contributed by atoms with Gasteiger partial charge in [0.15, 0.2) is 6.04 Å². The Morgan fingerprint density at radius 1 is 1.26 bits per heavy atom. The summed E-state index contributed by atoms with van der Waals surface area (Å²) >= 11 is 12.0. The van der Waals surface area contributed by atoms with Gasteiger partial charge in [-0.1, -0.05) is 41.4 Å². The number of halogens is 3. The number of nitrogens with one attached hydrogen (secondary N) is 2. The first kappa shape index (κ1) is 17.7. The van der Waals surface area contributed by atoms with E-state index in [9.17, 15) is 9.18 Å². The molecule has 0 aliphatic heterocycles. The molecule has 2 rings (SSSR count). The zero-order valence-electron chi connectivity index (χ0n) is 12.9. The molecule has 0 heterocycles. The predicted octanol–water partition coefficient (Wildman–Crippen LogP) is 3.17. The van der Waals surface area contributed by atoms with Crippen molar-refractivity contribution in [2.24, 2.45) is 0 Å². The van der Waals surface area contributed by atoms with E-state index in [2.05, 4.69) is 5.32 Å². The summed E-state index contributed by atoms with van der Waals surface area (Å²) in [5.41, 5.74) is 1.04. The molecule has 0 aliphatic rings. The molecule has 0 saturated heterocycles. The van der Waals surface area contributed by atoms with E-state index in [0.717, 1.165) is 4.90 Å². The first-order valence-corrected chi connectivity index (χ1v) is 7.95. The fourth-order valence-electron chi connectivity index (χ4n) is 2.15. The Morgan fingerprint density at radius 3 is 2.65 bits per heavy atom. The molecule has 3 nitrogen and oxygen atoms in total. The van der Waals surface area contributed by atoms with Crippen LogP contribution in [0.4, 0.5) is 10.1 Å². The van der Waals surface area contributed by atoms with Gasteiger partial charge in [-0.2, -0.15) is 0 Å². The van der Waals surface area contributed by atoms with Crippen molar-refractivity contribution in [3.8, 4) is 0 Å². The van der Waals surface area contributed by atoms with Crippen LogP contribution in [0.1, 0.15) is 12.5 Å². The van der Waals surface area contributed by atoms with E-state index in [4.69, 9.17) is 23.2 Å². The molecule has 0 aliphatic carbocycles. The maximum Gasteiger partial charge on any atom is 0.282 e. The highest BCUT2D eigenvalue weighted by Crippen LogP contribution is 2.25. The maximum atomic E-state index is 13.7. The zero-order chi connectivity index (χ0) is 17.0. The third-order valence-electron chi connectivity index (χ3n) is 3.75. The van der Waals surface area contributed by atoms with Gasteiger partial charge in [0.25, 0.3) is 5.91 Å². The van der Waals surface area contributed by atoms with Gasteiger partial charge in [-0.05, 0) is 31.2 Å². The van der Waals surface area contributed by atoms with Crippen molar-refractivity contribution in [3.63, 3.8) is 0 Å². The highest BCUT2D eigenvalue weighted by Gasteiger charge is 2.23. The summed E-state index contributed by atoms with van der Waals surface area (Å²) in [7, 11) is 1.84. The summed E-state index contributed by atoms with van der Waals surface area (Å²) < 4.78 is 13.7. The summed E-state index contributed by atoms with van der Waals surface area (Å²) in [5.74, 6) is -0.472. The fourth-order valence-corrected chi connectivity index (χ4v) is 2.49. The molecular formula is C17H18Cl2FN2O+. The minimum absolute atomic E-state index is 0.206. The number of carbonyl (C=O) groups is 1. The van der Waals surface area contributed by atoms with Gasteiger partial charge >= 0.3 is 0 Å². The Balaban J connectivity index is 2.04. The molecule has 23 heavy (non-hydrogen) atoms. The van der Waals surface area contributed by atoms with Gasteiger partial charge in [-0.15, -0.1) is 0 Å². The monoisotopic (exact) mass is 355 g/mol. The fraction of sp³-hybridized carbons (Fsp3) is 0.235. The average molecular weight is 356 g/mol. The average Bonchev–Trinajstić information content (AvgIpc) is 2.52. The molecule has 1 amide bonds. The van der Waals surface area contributed by atoms with Crippen LogP contribution in [0.15, 0.2) is 42.5 Å². The number of rotatable bonds is 5. The summed E-state index contributed by atoms with van der Waals surface area (Å²) in [4.78, 5) is 13.2. The number of hydrogen-bond acceptors (Lipinski definition) is 1. The Bertz CT molecular complexity index is 709. The van der Waals surface area contributed by atoms with Crippen molar-refractivity contribution in [2.75, 3.05) is 12.4 Å². The van der Waals surface area contributed by atoms with Gasteiger partial charge in [0.05, 0.1) is 17.8 Å². The number of benzene rings is 2. The van der Waals surface area contributed by atoms with Crippen LogP contribution < -0.4 is 10.2 Å². The molecule has 0 radical (unpaired) electrons. The highest BCUT2D eigenvalue weighted by molar-refractivity contribution is 6.35. The van der Waals surface area contributed by atoms with E-state index in [1.54, 1.807) is 43.3 Å². The minimum Gasteiger partial charge on any atom is -0.324 e. The van der Waals surface area contributed by atoms with Crippen molar-refractivity contribution in [2.45, 2.75) is 19.5 Å². The van der Waals surface area contributed by atoms with E-state index in [1.165, 1.54) is 6.07 Å². The number of quaternary nitrogens is 1. The Kier molecular flexibility index (Phi) is 5.99. The molecule has 0 bridgehead atoms. The number of anilines is 1. The first-order chi connectivity index (χ1) is 10.9. The van der Waals surface area contributed by atoms with Gasteiger partial charge in [-0.3, -0.25) is 4.79 Å². The number of carbonyl (C=O) groups excluding carboxylic acids is 1. The van der Waals surface area contributed by atoms with Gasteiger partial charge in [0.1, 0.15) is 12.4 Å². The third-order valence-corrected chi connectivity index (χ3v) is 4.31. The summed E-state index contributed by atoms with van der Waals surface area (Å²) in [6.45, 7) is 2.19. The Labute approximate surface area is 145 Å².